The van der Waals surface area contributed by atoms with Crippen LogP contribution in [0, 0.1) is 23.0 Å². The van der Waals surface area contributed by atoms with Crippen LogP contribution in [-0.2, 0) is 5.41 Å². The zero-order valence-corrected chi connectivity index (χ0v) is 20.5. The van der Waals surface area contributed by atoms with Gasteiger partial charge in [0.2, 0.25) is 0 Å². The predicted octanol–water partition coefficient (Wildman–Crippen LogP) is 5.92. The molecule has 2 bridgehead atoms. The first-order chi connectivity index (χ1) is 17.3. The minimum Gasteiger partial charge on any atom is -0.324 e. The van der Waals surface area contributed by atoms with Crippen LogP contribution < -0.4 is 5.32 Å². The third kappa shape index (κ3) is 3.26. The van der Waals surface area contributed by atoms with Gasteiger partial charge < -0.3 is 4.90 Å². The summed E-state index contributed by atoms with van der Waals surface area (Å²) in [5, 5.41) is 11.9. The molecule has 0 radical (unpaired) electrons. The lowest BCUT2D eigenvalue weighted by atomic mass is 9.59. The van der Waals surface area contributed by atoms with Gasteiger partial charge in [-0.3, -0.25) is 5.32 Å². The van der Waals surface area contributed by atoms with Crippen molar-refractivity contribution in [3.8, 4) is 11.3 Å². The summed E-state index contributed by atoms with van der Waals surface area (Å²) >= 11 is 0. The number of hydrogen-bond donors (Lipinski definition) is 1. The third-order valence-corrected chi connectivity index (χ3v) is 8.99. The standard InChI is InChI=1S/C28H29F2N5O/c1-27(2)19-11-12-28(27,17-7-6-14-35(16-17)26(36)32-23-10-3-4-13-31-23)25-18(19)15-22(33-34-25)24-20(29)8-5-9-21(24)30/h3-5,8-10,13,15,17,19H,6-7,11-12,14,16H2,1-2H3,(H,31,32,36). The van der Waals surface area contributed by atoms with Crippen LogP contribution in [-0.4, -0.2) is 39.2 Å². The van der Waals surface area contributed by atoms with Gasteiger partial charge in [-0.25, -0.2) is 18.6 Å². The molecule has 8 heteroatoms. The molecule has 1 aliphatic heterocycles. The number of carbonyl (C=O) groups excluding carboxylic acids is 1. The lowest BCUT2D eigenvalue weighted by Gasteiger charge is -2.48. The number of amides is 2. The second-order valence-corrected chi connectivity index (χ2v) is 10.8. The monoisotopic (exact) mass is 489 g/mol. The third-order valence-electron chi connectivity index (χ3n) is 8.99. The van der Waals surface area contributed by atoms with E-state index in [0.717, 1.165) is 36.9 Å². The van der Waals surface area contributed by atoms with Gasteiger partial charge >= 0.3 is 6.03 Å². The molecule has 3 unspecified atom stereocenters. The van der Waals surface area contributed by atoms with Gasteiger partial charge in [-0.15, -0.1) is 0 Å². The van der Waals surface area contributed by atoms with Crippen molar-refractivity contribution in [3.63, 3.8) is 0 Å². The molecule has 36 heavy (non-hydrogen) atoms. The van der Waals surface area contributed by atoms with Gasteiger partial charge in [0.25, 0.3) is 0 Å². The van der Waals surface area contributed by atoms with Crippen LogP contribution in [0.5, 0.6) is 0 Å². The van der Waals surface area contributed by atoms with Crippen molar-refractivity contribution in [2.75, 3.05) is 18.4 Å². The number of anilines is 1. The highest BCUT2D eigenvalue weighted by Crippen LogP contribution is 2.70. The van der Waals surface area contributed by atoms with Gasteiger partial charge in [0, 0.05) is 24.7 Å². The Labute approximate surface area is 209 Å². The number of halogens is 2. The van der Waals surface area contributed by atoms with Crippen molar-refractivity contribution < 1.29 is 13.6 Å². The Hall–Kier alpha value is -3.42. The van der Waals surface area contributed by atoms with Gasteiger partial charge in [0.15, 0.2) is 0 Å². The molecule has 3 aliphatic rings. The summed E-state index contributed by atoms with van der Waals surface area (Å²) in [5.41, 5.74) is 1.76. The zero-order chi connectivity index (χ0) is 25.1. The highest BCUT2D eigenvalue weighted by atomic mass is 19.1. The summed E-state index contributed by atoms with van der Waals surface area (Å²) < 4.78 is 29.0. The molecule has 3 aromatic rings. The number of nitrogens with zero attached hydrogens (tertiary/aromatic N) is 4. The van der Waals surface area contributed by atoms with Crippen molar-refractivity contribution in [3.05, 3.63) is 71.6 Å². The molecule has 186 valence electrons. The Kier molecular flexibility index (Phi) is 5.32. The van der Waals surface area contributed by atoms with Crippen molar-refractivity contribution in [2.24, 2.45) is 11.3 Å². The van der Waals surface area contributed by atoms with Gasteiger partial charge in [-0.2, -0.15) is 10.2 Å². The molecular formula is C28H29F2N5O. The lowest BCUT2D eigenvalue weighted by Crippen LogP contribution is -2.52. The van der Waals surface area contributed by atoms with Crippen LogP contribution in [0.3, 0.4) is 0 Å². The van der Waals surface area contributed by atoms with Crippen molar-refractivity contribution in [2.45, 2.75) is 50.9 Å². The average Bonchev–Trinajstić information content (AvgIpc) is 3.25. The fraction of sp³-hybridized carbons (Fsp3) is 0.429. The number of hydrogen-bond acceptors (Lipinski definition) is 4. The van der Waals surface area contributed by atoms with E-state index in [4.69, 9.17) is 0 Å². The Bertz CT molecular complexity index is 1310. The molecule has 6 nitrogen and oxygen atoms in total. The number of nitrogens with one attached hydrogen (secondary N) is 1. The van der Waals surface area contributed by atoms with E-state index in [1.54, 1.807) is 12.3 Å². The maximum Gasteiger partial charge on any atom is 0.323 e. The molecule has 2 aliphatic carbocycles. The van der Waals surface area contributed by atoms with Gasteiger partial charge in [-0.1, -0.05) is 26.0 Å². The molecule has 1 saturated carbocycles. The van der Waals surface area contributed by atoms with Crippen LogP contribution in [0.4, 0.5) is 19.4 Å². The van der Waals surface area contributed by atoms with E-state index in [0.29, 0.717) is 18.9 Å². The second-order valence-electron chi connectivity index (χ2n) is 10.8. The molecule has 2 aromatic heterocycles. The number of aromatic nitrogens is 3. The fourth-order valence-corrected chi connectivity index (χ4v) is 7.33. The zero-order valence-electron chi connectivity index (χ0n) is 20.5. The van der Waals surface area contributed by atoms with E-state index in [9.17, 15) is 13.6 Å². The minimum atomic E-state index is -0.636. The molecule has 1 aromatic carbocycles. The van der Waals surface area contributed by atoms with Crippen LogP contribution >= 0.6 is 0 Å². The first-order valence-electron chi connectivity index (χ1n) is 12.6. The molecule has 3 atom stereocenters. The summed E-state index contributed by atoms with van der Waals surface area (Å²) in [5.74, 6) is -0.290. The number of urea groups is 1. The Balaban J connectivity index is 1.34. The number of piperidine rings is 1. The second kappa shape index (κ2) is 8.32. The smallest absolute Gasteiger partial charge is 0.323 e. The summed E-state index contributed by atoms with van der Waals surface area (Å²) in [6.45, 7) is 5.88. The number of benzene rings is 1. The van der Waals surface area contributed by atoms with Crippen LogP contribution in [0.25, 0.3) is 11.3 Å². The SMILES string of the molecule is CC1(C)C2CCC1(C1CCCN(C(=O)Nc3ccccn3)C1)c1nnc(-c3c(F)cccc3F)cc12. The fourth-order valence-electron chi connectivity index (χ4n) is 7.33. The minimum absolute atomic E-state index is 0.110. The van der Waals surface area contributed by atoms with Crippen molar-refractivity contribution >= 4 is 11.8 Å². The maximum absolute atomic E-state index is 14.5. The summed E-state index contributed by atoms with van der Waals surface area (Å²) in [4.78, 5) is 19.2. The first kappa shape index (κ1) is 23.0. The van der Waals surface area contributed by atoms with Gasteiger partial charge in [-0.05, 0) is 78.8 Å². The molecule has 1 N–H and O–H groups in total. The maximum atomic E-state index is 14.5. The highest BCUT2D eigenvalue weighted by Gasteiger charge is 2.66. The molecule has 1 saturated heterocycles. The van der Waals surface area contributed by atoms with E-state index < -0.39 is 11.6 Å². The number of likely N-dealkylation sites (tertiary alicyclic amines) is 1. The summed E-state index contributed by atoms with van der Waals surface area (Å²) in [6.07, 6.45) is 5.52. The highest BCUT2D eigenvalue weighted by molar-refractivity contribution is 5.88. The van der Waals surface area contributed by atoms with Crippen molar-refractivity contribution in [1.29, 1.82) is 0 Å². The van der Waals surface area contributed by atoms with Crippen LogP contribution in [0.15, 0.2) is 48.7 Å². The van der Waals surface area contributed by atoms with E-state index in [-0.39, 0.29) is 40.0 Å². The largest absolute Gasteiger partial charge is 0.324 e. The molecule has 6 rings (SSSR count). The number of fused-ring (bicyclic) bond motifs is 5. The van der Waals surface area contributed by atoms with Crippen molar-refractivity contribution in [1.82, 2.24) is 20.1 Å². The summed E-state index contributed by atoms with van der Waals surface area (Å²) in [6, 6.07) is 11.0. The number of pyridine rings is 1. The molecule has 3 heterocycles. The number of carbonyl (C=O) groups is 1. The lowest BCUT2D eigenvalue weighted by molar-refractivity contribution is 0.0705. The van der Waals surface area contributed by atoms with Gasteiger partial charge in [0.1, 0.15) is 17.5 Å². The van der Waals surface area contributed by atoms with Crippen LogP contribution in [0.1, 0.15) is 56.7 Å². The summed E-state index contributed by atoms with van der Waals surface area (Å²) in [7, 11) is 0. The molecular weight excluding hydrogens is 460 g/mol. The molecule has 2 amide bonds. The van der Waals surface area contributed by atoms with E-state index in [1.807, 2.05) is 23.1 Å². The Morgan fingerprint density at radius 1 is 1.08 bits per heavy atom. The normalized spacial score (nSPS) is 26.1. The van der Waals surface area contributed by atoms with E-state index in [1.165, 1.54) is 18.2 Å². The average molecular weight is 490 g/mol. The Morgan fingerprint density at radius 2 is 1.89 bits per heavy atom. The quantitative estimate of drug-likeness (QED) is 0.496. The molecule has 2 fully saturated rings. The van der Waals surface area contributed by atoms with E-state index in [2.05, 4.69) is 34.3 Å². The van der Waals surface area contributed by atoms with Gasteiger partial charge in [0.05, 0.1) is 17.0 Å². The van der Waals surface area contributed by atoms with Crippen LogP contribution in [0.2, 0.25) is 0 Å². The predicted molar refractivity (Wildman–Crippen MR) is 132 cm³/mol. The van der Waals surface area contributed by atoms with E-state index >= 15 is 0 Å². The first-order valence-corrected chi connectivity index (χ1v) is 12.6. The molecule has 0 spiro atoms. The number of rotatable bonds is 3. The topological polar surface area (TPSA) is 71.0 Å². The Morgan fingerprint density at radius 3 is 2.64 bits per heavy atom.